The first-order valence-corrected chi connectivity index (χ1v) is 5.42. The molecule has 84 valence electrons. The van der Waals surface area contributed by atoms with Crippen molar-refractivity contribution in [1.82, 2.24) is 0 Å². The molecule has 0 aromatic carbocycles. The maximum Gasteiger partial charge on any atom is 0.305 e. The zero-order valence-corrected chi connectivity index (χ0v) is 9.29. The van der Waals surface area contributed by atoms with Gasteiger partial charge in [-0.15, -0.1) is 0 Å². The van der Waals surface area contributed by atoms with Crippen LogP contribution in [-0.2, 0) is 9.53 Å². The van der Waals surface area contributed by atoms with E-state index in [2.05, 4.69) is 11.7 Å². The van der Waals surface area contributed by atoms with E-state index in [9.17, 15) is 4.79 Å². The highest BCUT2D eigenvalue weighted by Crippen LogP contribution is 2.15. The molecule has 0 bridgehead atoms. The Labute approximate surface area is 86.5 Å². The Morgan fingerprint density at radius 2 is 2.00 bits per heavy atom. The van der Waals surface area contributed by atoms with Crippen LogP contribution in [0.5, 0.6) is 0 Å². The average Bonchev–Trinajstić information content (AvgIpc) is 2.22. The van der Waals surface area contributed by atoms with Crippen LogP contribution in [0.2, 0.25) is 0 Å². The Kier molecular flexibility index (Phi) is 8.64. The predicted octanol–water partition coefficient (Wildman–Crippen LogP) is 2.13. The average molecular weight is 202 g/mol. The summed E-state index contributed by atoms with van der Waals surface area (Å²) in [6.45, 7) is 2.38. The molecule has 0 fully saturated rings. The van der Waals surface area contributed by atoms with Crippen molar-refractivity contribution in [3.63, 3.8) is 0 Å². The Balaban J connectivity index is 3.46. The summed E-state index contributed by atoms with van der Waals surface area (Å²) in [6.07, 6.45) is 5.59. The van der Waals surface area contributed by atoms with Gasteiger partial charge in [0.25, 0.3) is 0 Å². The molecular weight excluding hydrogens is 180 g/mol. The summed E-state index contributed by atoms with van der Waals surface area (Å²) < 4.78 is 4.55. The number of aliphatic hydroxyl groups excluding tert-OH is 1. The Bertz CT molecular complexity index is 145. The number of hydrogen-bond donors (Lipinski definition) is 1. The van der Waals surface area contributed by atoms with Crippen LogP contribution in [0.3, 0.4) is 0 Å². The molecule has 0 radical (unpaired) electrons. The van der Waals surface area contributed by atoms with Crippen LogP contribution in [0, 0.1) is 5.92 Å². The fourth-order valence-corrected chi connectivity index (χ4v) is 1.46. The first kappa shape index (κ1) is 13.4. The van der Waals surface area contributed by atoms with Gasteiger partial charge in [0.05, 0.1) is 7.11 Å². The summed E-state index contributed by atoms with van der Waals surface area (Å²) in [4.78, 5) is 10.8. The van der Waals surface area contributed by atoms with Crippen molar-refractivity contribution in [3.8, 4) is 0 Å². The van der Waals surface area contributed by atoms with Crippen molar-refractivity contribution in [2.75, 3.05) is 13.7 Å². The van der Waals surface area contributed by atoms with E-state index in [0.29, 0.717) is 12.3 Å². The molecule has 0 aliphatic carbocycles. The van der Waals surface area contributed by atoms with Gasteiger partial charge < -0.3 is 9.84 Å². The van der Waals surface area contributed by atoms with E-state index in [-0.39, 0.29) is 12.6 Å². The largest absolute Gasteiger partial charge is 0.469 e. The second kappa shape index (κ2) is 9.00. The normalized spacial score (nSPS) is 12.5. The molecule has 0 aromatic heterocycles. The molecule has 0 heterocycles. The number of esters is 1. The Morgan fingerprint density at radius 3 is 2.50 bits per heavy atom. The minimum Gasteiger partial charge on any atom is -0.469 e. The molecule has 0 aliphatic rings. The number of hydrogen-bond acceptors (Lipinski definition) is 3. The smallest absolute Gasteiger partial charge is 0.305 e. The van der Waals surface area contributed by atoms with Gasteiger partial charge in [0, 0.05) is 13.0 Å². The summed E-state index contributed by atoms with van der Waals surface area (Å²) in [6, 6.07) is 0. The van der Waals surface area contributed by atoms with Crippen LogP contribution in [0.1, 0.15) is 45.4 Å². The molecule has 0 saturated heterocycles. The lowest BCUT2D eigenvalue weighted by molar-refractivity contribution is -0.140. The highest BCUT2D eigenvalue weighted by Gasteiger charge is 2.08. The van der Waals surface area contributed by atoms with Crippen LogP contribution < -0.4 is 0 Å². The SMILES string of the molecule is CCCC[C@H](CO)CCCC(=O)OC. The molecule has 0 aliphatic heterocycles. The molecule has 0 spiro atoms. The van der Waals surface area contributed by atoms with E-state index in [1.54, 1.807) is 0 Å². The van der Waals surface area contributed by atoms with Crippen LogP contribution >= 0.6 is 0 Å². The van der Waals surface area contributed by atoms with Crippen molar-refractivity contribution in [3.05, 3.63) is 0 Å². The fraction of sp³-hybridized carbons (Fsp3) is 0.909. The van der Waals surface area contributed by atoms with Gasteiger partial charge in [-0.05, 0) is 25.2 Å². The summed E-state index contributed by atoms with van der Waals surface area (Å²) in [7, 11) is 1.41. The molecule has 3 nitrogen and oxygen atoms in total. The van der Waals surface area contributed by atoms with E-state index in [4.69, 9.17) is 5.11 Å². The van der Waals surface area contributed by atoms with Gasteiger partial charge in [0.15, 0.2) is 0 Å². The fourth-order valence-electron chi connectivity index (χ4n) is 1.46. The molecule has 0 unspecified atom stereocenters. The van der Waals surface area contributed by atoms with E-state index in [1.807, 2.05) is 0 Å². The third-order valence-corrected chi connectivity index (χ3v) is 2.45. The predicted molar refractivity (Wildman–Crippen MR) is 56.0 cm³/mol. The van der Waals surface area contributed by atoms with E-state index >= 15 is 0 Å². The minimum atomic E-state index is -0.155. The molecule has 0 amide bonds. The second-order valence-corrected chi connectivity index (χ2v) is 3.66. The maximum absolute atomic E-state index is 10.8. The quantitative estimate of drug-likeness (QED) is 0.613. The number of methoxy groups -OCH3 is 1. The number of carbonyl (C=O) groups excluding carboxylic acids is 1. The van der Waals surface area contributed by atoms with Crippen molar-refractivity contribution in [2.24, 2.45) is 5.92 Å². The van der Waals surface area contributed by atoms with Crippen molar-refractivity contribution < 1.29 is 14.6 Å². The van der Waals surface area contributed by atoms with Gasteiger partial charge in [-0.25, -0.2) is 0 Å². The molecule has 0 rings (SSSR count). The van der Waals surface area contributed by atoms with Gasteiger partial charge in [0.1, 0.15) is 0 Å². The third kappa shape index (κ3) is 6.89. The standard InChI is InChI=1S/C11H22O3/c1-3-4-6-10(9-12)7-5-8-11(13)14-2/h10,12H,3-9H2,1-2H3/t10-/m0/s1. The minimum absolute atomic E-state index is 0.155. The zero-order chi connectivity index (χ0) is 10.8. The molecule has 3 heteroatoms. The van der Waals surface area contributed by atoms with Gasteiger partial charge in [-0.1, -0.05) is 19.8 Å². The van der Waals surface area contributed by atoms with Crippen molar-refractivity contribution >= 4 is 5.97 Å². The molecular formula is C11H22O3. The van der Waals surface area contributed by atoms with Crippen molar-refractivity contribution in [1.29, 1.82) is 0 Å². The number of aliphatic hydroxyl groups is 1. The molecule has 14 heavy (non-hydrogen) atoms. The van der Waals surface area contributed by atoms with Gasteiger partial charge in [0.2, 0.25) is 0 Å². The van der Waals surface area contributed by atoms with Crippen LogP contribution in [0.15, 0.2) is 0 Å². The topological polar surface area (TPSA) is 46.5 Å². The number of carbonyl (C=O) groups is 1. The van der Waals surface area contributed by atoms with Crippen LogP contribution in [0.25, 0.3) is 0 Å². The molecule has 1 N–H and O–H groups in total. The number of unbranched alkanes of at least 4 members (excludes halogenated alkanes) is 1. The van der Waals surface area contributed by atoms with E-state index in [1.165, 1.54) is 7.11 Å². The van der Waals surface area contributed by atoms with Crippen molar-refractivity contribution in [2.45, 2.75) is 45.4 Å². The summed E-state index contributed by atoms with van der Waals surface area (Å²) >= 11 is 0. The van der Waals surface area contributed by atoms with E-state index in [0.717, 1.165) is 32.1 Å². The van der Waals surface area contributed by atoms with Gasteiger partial charge in [-0.3, -0.25) is 4.79 Å². The highest BCUT2D eigenvalue weighted by atomic mass is 16.5. The lowest BCUT2D eigenvalue weighted by Gasteiger charge is -2.12. The lowest BCUT2D eigenvalue weighted by atomic mass is 9.97. The molecule has 0 saturated carbocycles. The number of ether oxygens (including phenoxy) is 1. The first-order valence-electron chi connectivity index (χ1n) is 5.42. The Hall–Kier alpha value is -0.570. The van der Waals surface area contributed by atoms with E-state index < -0.39 is 0 Å². The monoisotopic (exact) mass is 202 g/mol. The summed E-state index contributed by atoms with van der Waals surface area (Å²) in [5, 5.41) is 9.06. The molecule has 0 aromatic rings. The number of rotatable bonds is 8. The summed E-state index contributed by atoms with van der Waals surface area (Å²) in [5.74, 6) is 0.205. The van der Waals surface area contributed by atoms with Crippen LogP contribution in [-0.4, -0.2) is 24.8 Å². The lowest BCUT2D eigenvalue weighted by Crippen LogP contribution is -2.08. The highest BCUT2D eigenvalue weighted by molar-refractivity contribution is 5.68. The zero-order valence-electron chi connectivity index (χ0n) is 9.29. The molecule has 1 atom stereocenters. The summed E-state index contributed by atoms with van der Waals surface area (Å²) in [5.41, 5.74) is 0. The first-order chi connectivity index (χ1) is 6.74. The Morgan fingerprint density at radius 1 is 1.36 bits per heavy atom. The van der Waals surface area contributed by atoms with Gasteiger partial charge in [-0.2, -0.15) is 0 Å². The second-order valence-electron chi connectivity index (χ2n) is 3.66. The van der Waals surface area contributed by atoms with Gasteiger partial charge >= 0.3 is 5.97 Å². The van der Waals surface area contributed by atoms with Crippen LogP contribution in [0.4, 0.5) is 0 Å². The third-order valence-electron chi connectivity index (χ3n) is 2.45. The maximum atomic E-state index is 10.8.